The first-order valence-corrected chi connectivity index (χ1v) is 9.52. The molecule has 148 valence electrons. The summed E-state index contributed by atoms with van der Waals surface area (Å²) in [4.78, 5) is 27.9. The molecule has 5 nitrogen and oxygen atoms in total. The van der Waals surface area contributed by atoms with Gasteiger partial charge >= 0.3 is 5.97 Å². The second-order valence-electron chi connectivity index (χ2n) is 7.14. The van der Waals surface area contributed by atoms with Gasteiger partial charge in [-0.15, -0.1) is 0 Å². The number of aliphatic carboxylic acids is 1. The van der Waals surface area contributed by atoms with E-state index >= 15 is 0 Å². The molecule has 1 atom stereocenters. The molecule has 0 radical (unpaired) electrons. The van der Waals surface area contributed by atoms with Crippen molar-refractivity contribution < 1.29 is 19.1 Å². The zero-order chi connectivity index (χ0) is 20.1. The quantitative estimate of drug-likeness (QED) is 0.828. The molecular weight excluding hydrogens is 359 g/mol. The number of carboxylic acids is 1. The van der Waals surface area contributed by atoms with E-state index in [9.17, 15) is 14.0 Å². The fourth-order valence-electron chi connectivity index (χ4n) is 3.73. The number of hydrogen-bond donors (Lipinski definition) is 1. The summed E-state index contributed by atoms with van der Waals surface area (Å²) in [6, 6.07) is 13.7. The van der Waals surface area contributed by atoms with Crippen LogP contribution in [0.4, 0.5) is 4.39 Å². The molecule has 0 saturated carbocycles. The molecule has 1 heterocycles. The van der Waals surface area contributed by atoms with Crippen molar-refractivity contribution in [2.75, 3.05) is 26.2 Å². The molecule has 0 spiro atoms. The molecule has 0 aromatic heterocycles. The molecule has 1 saturated heterocycles. The van der Waals surface area contributed by atoms with E-state index in [2.05, 4.69) is 4.90 Å². The lowest BCUT2D eigenvalue weighted by molar-refractivity contribution is -0.137. The minimum atomic E-state index is -0.847. The minimum Gasteiger partial charge on any atom is -0.481 e. The number of hydrogen-bond acceptors (Lipinski definition) is 3. The molecule has 1 fully saturated rings. The summed E-state index contributed by atoms with van der Waals surface area (Å²) in [6.07, 6.45) is 0.497. The van der Waals surface area contributed by atoms with Crippen molar-refractivity contribution in [2.24, 2.45) is 0 Å². The third kappa shape index (κ3) is 4.75. The van der Waals surface area contributed by atoms with Gasteiger partial charge in [-0.1, -0.05) is 30.3 Å². The first-order chi connectivity index (χ1) is 13.5. The smallest absolute Gasteiger partial charge is 0.303 e. The van der Waals surface area contributed by atoms with Crippen molar-refractivity contribution in [3.63, 3.8) is 0 Å². The van der Waals surface area contributed by atoms with Crippen LogP contribution in [0.1, 0.15) is 40.4 Å². The summed E-state index contributed by atoms with van der Waals surface area (Å²) in [5.74, 6) is -1.13. The summed E-state index contributed by atoms with van der Waals surface area (Å²) in [5.41, 5.74) is 2.58. The van der Waals surface area contributed by atoms with Crippen LogP contribution in [0.15, 0.2) is 48.5 Å². The molecule has 1 aliphatic rings. The van der Waals surface area contributed by atoms with E-state index < -0.39 is 5.97 Å². The molecule has 2 aromatic carbocycles. The molecule has 0 aliphatic carbocycles. The zero-order valence-electron chi connectivity index (χ0n) is 16.0. The predicted octanol–water partition coefficient (Wildman–Crippen LogP) is 3.50. The lowest BCUT2D eigenvalue weighted by atomic mass is 9.99. The van der Waals surface area contributed by atoms with Crippen LogP contribution in [-0.4, -0.2) is 53.0 Å². The molecule has 2 aromatic rings. The Morgan fingerprint density at radius 3 is 2.29 bits per heavy atom. The molecule has 3 rings (SSSR count). The fraction of sp³-hybridized carbons (Fsp3) is 0.364. The van der Waals surface area contributed by atoms with Gasteiger partial charge in [-0.3, -0.25) is 14.5 Å². The zero-order valence-corrected chi connectivity index (χ0v) is 16.0. The summed E-state index contributed by atoms with van der Waals surface area (Å²) in [6.45, 7) is 4.40. The largest absolute Gasteiger partial charge is 0.481 e. The molecule has 1 amide bonds. The van der Waals surface area contributed by atoms with Crippen LogP contribution in [0.3, 0.4) is 0 Å². The normalized spacial score (nSPS) is 16.0. The van der Waals surface area contributed by atoms with Crippen molar-refractivity contribution in [1.29, 1.82) is 0 Å². The van der Waals surface area contributed by atoms with E-state index in [1.165, 1.54) is 12.1 Å². The van der Waals surface area contributed by atoms with Gasteiger partial charge in [0, 0.05) is 44.2 Å². The van der Waals surface area contributed by atoms with Crippen molar-refractivity contribution in [2.45, 2.75) is 25.8 Å². The number of halogens is 1. The van der Waals surface area contributed by atoms with E-state index in [0.717, 1.165) is 16.7 Å². The Balaban J connectivity index is 1.69. The van der Waals surface area contributed by atoms with Crippen LogP contribution in [-0.2, 0) is 4.79 Å². The number of carbonyl (C=O) groups is 2. The summed E-state index contributed by atoms with van der Waals surface area (Å²) in [7, 11) is 0. The molecule has 1 aliphatic heterocycles. The van der Waals surface area contributed by atoms with E-state index in [4.69, 9.17) is 5.11 Å². The highest BCUT2D eigenvalue weighted by atomic mass is 19.1. The standard InChI is InChI=1S/C22H25FN2O3/c1-16-4-2-3-5-19(16)22(28)25-14-12-24(13-15-25)20(10-11-21(26)27)17-6-8-18(23)9-7-17/h2-9,20H,10-15H2,1H3,(H,26,27)/t20-/m1/s1. The Bertz CT molecular complexity index is 830. The first-order valence-electron chi connectivity index (χ1n) is 9.52. The van der Waals surface area contributed by atoms with Gasteiger partial charge in [0.05, 0.1) is 0 Å². The number of rotatable bonds is 6. The lowest BCUT2D eigenvalue weighted by Crippen LogP contribution is -2.49. The van der Waals surface area contributed by atoms with E-state index in [1.807, 2.05) is 36.1 Å². The summed E-state index contributed by atoms with van der Waals surface area (Å²) in [5, 5.41) is 9.09. The van der Waals surface area contributed by atoms with Gasteiger partial charge in [0.15, 0.2) is 0 Å². The van der Waals surface area contributed by atoms with Gasteiger partial charge in [-0.25, -0.2) is 4.39 Å². The Kier molecular flexibility index (Phi) is 6.41. The number of amides is 1. The number of carboxylic acid groups (broad SMARTS) is 1. The van der Waals surface area contributed by atoms with Crippen LogP contribution < -0.4 is 0 Å². The Hall–Kier alpha value is -2.73. The topological polar surface area (TPSA) is 60.9 Å². The molecule has 28 heavy (non-hydrogen) atoms. The minimum absolute atomic E-state index is 0.0293. The average molecular weight is 384 g/mol. The number of benzene rings is 2. The van der Waals surface area contributed by atoms with Crippen LogP contribution in [0, 0.1) is 12.7 Å². The highest BCUT2D eigenvalue weighted by molar-refractivity contribution is 5.95. The van der Waals surface area contributed by atoms with Crippen LogP contribution in [0.25, 0.3) is 0 Å². The first kappa shape index (κ1) is 20.0. The van der Waals surface area contributed by atoms with Gasteiger partial charge in [0.2, 0.25) is 0 Å². The number of carbonyl (C=O) groups excluding carboxylic acids is 1. The van der Waals surface area contributed by atoms with E-state index in [-0.39, 0.29) is 24.2 Å². The van der Waals surface area contributed by atoms with Crippen molar-refractivity contribution in [3.05, 3.63) is 71.0 Å². The van der Waals surface area contributed by atoms with E-state index in [1.54, 1.807) is 12.1 Å². The van der Waals surface area contributed by atoms with Gasteiger partial charge in [0.25, 0.3) is 5.91 Å². The Morgan fingerprint density at radius 1 is 1.04 bits per heavy atom. The molecular formula is C22H25FN2O3. The van der Waals surface area contributed by atoms with Gasteiger partial charge in [-0.2, -0.15) is 0 Å². The maximum atomic E-state index is 13.3. The maximum absolute atomic E-state index is 13.3. The van der Waals surface area contributed by atoms with Crippen molar-refractivity contribution in [3.8, 4) is 0 Å². The monoisotopic (exact) mass is 384 g/mol. The maximum Gasteiger partial charge on any atom is 0.303 e. The van der Waals surface area contributed by atoms with Crippen LogP contribution in [0.5, 0.6) is 0 Å². The van der Waals surface area contributed by atoms with Gasteiger partial charge in [0.1, 0.15) is 5.82 Å². The lowest BCUT2D eigenvalue weighted by Gasteiger charge is -2.39. The summed E-state index contributed by atoms with van der Waals surface area (Å²) >= 11 is 0. The van der Waals surface area contributed by atoms with Gasteiger partial charge < -0.3 is 10.0 Å². The number of piperazine rings is 1. The molecule has 6 heteroatoms. The highest BCUT2D eigenvalue weighted by Gasteiger charge is 2.28. The third-order valence-corrected chi connectivity index (χ3v) is 5.30. The number of nitrogens with zero attached hydrogens (tertiary/aromatic N) is 2. The molecule has 0 unspecified atom stereocenters. The van der Waals surface area contributed by atoms with E-state index in [0.29, 0.717) is 32.6 Å². The SMILES string of the molecule is Cc1ccccc1C(=O)N1CCN([C@H](CCC(=O)O)c2ccc(F)cc2)CC1. The Labute approximate surface area is 164 Å². The highest BCUT2D eigenvalue weighted by Crippen LogP contribution is 2.27. The Morgan fingerprint density at radius 2 is 1.68 bits per heavy atom. The summed E-state index contributed by atoms with van der Waals surface area (Å²) < 4.78 is 13.3. The van der Waals surface area contributed by atoms with Crippen molar-refractivity contribution >= 4 is 11.9 Å². The number of aryl methyl sites for hydroxylation is 1. The van der Waals surface area contributed by atoms with Crippen LogP contribution >= 0.6 is 0 Å². The van der Waals surface area contributed by atoms with Gasteiger partial charge in [-0.05, 0) is 42.7 Å². The second kappa shape index (κ2) is 8.97. The average Bonchev–Trinajstić information content (AvgIpc) is 2.69. The van der Waals surface area contributed by atoms with Crippen LogP contribution in [0.2, 0.25) is 0 Å². The molecule has 0 bridgehead atoms. The fourth-order valence-corrected chi connectivity index (χ4v) is 3.73. The molecule has 1 N–H and O–H groups in total. The predicted molar refractivity (Wildman–Crippen MR) is 105 cm³/mol. The van der Waals surface area contributed by atoms with Crippen molar-refractivity contribution in [1.82, 2.24) is 9.80 Å². The third-order valence-electron chi connectivity index (χ3n) is 5.30. The second-order valence-corrected chi connectivity index (χ2v) is 7.14.